The number of hydrazine groups is 1. The van der Waals surface area contributed by atoms with E-state index in [1.165, 1.54) is 0 Å². The zero-order chi connectivity index (χ0) is 23.6. The van der Waals surface area contributed by atoms with Crippen molar-refractivity contribution in [1.82, 2.24) is 15.2 Å². The molecular formula is C22H16FN3O5S2. The number of pyridine rings is 1. The van der Waals surface area contributed by atoms with E-state index in [2.05, 4.69) is 10.4 Å². The highest BCUT2D eigenvalue weighted by Crippen LogP contribution is 2.25. The van der Waals surface area contributed by atoms with Crippen LogP contribution in [0, 0.1) is 0 Å². The van der Waals surface area contributed by atoms with E-state index in [-0.39, 0.29) is 10.5 Å². The van der Waals surface area contributed by atoms with Crippen molar-refractivity contribution in [3.05, 3.63) is 90.5 Å². The van der Waals surface area contributed by atoms with Crippen LogP contribution in [0.5, 0.6) is 0 Å². The number of rotatable bonds is 6. The number of carbonyl (C=O) groups excluding carboxylic acids is 1. The second-order valence-corrected chi connectivity index (χ2v) is 9.94. The number of para-hydroxylation sites is 1. The second kappa shape index (κ2) is 8.70. The highest BCUT2D eigenvalue weighted by Gasteiger charge is 2.20. The van der Waals surface area contributed by atoms with E-state index in [0.717, 1.165) is 29.8 Å². The largest absolute Gasteiger partial charge is 0.332 e. The zero-order valence-electron chi connectivity index (χ0n) is 16.8. The molecule has 0 radical (unpaired) electrons. The fourth-order valence-electron chi connectivity index (χ4n) is 3.14. The molecular weight excluding hydrogens is 469 g/mol. The molecule has 0 aliphatic heterocycles. The number of hydrogen-bond donors (Lipinski definition) is 2. The molecule has 0 saturated carbocycles. The number of amides is 1. The van der Waals surface area contributed by atoms with Gasteiger partial charge in [0.2, 0.25) is 0 Å². The van der Waals surface area contributed by atoms with Crippen molar-refractivity contribution in [3.63, 3.8) is 0 Å². The van der Waals surface area contributed by atoms with E-state index in [9.17, 15) is 25.5 Å². The lowest BCUT2D eigenvalue weighted by molar-refractivity contribution is 0.0946. The molecule has 11 heteroatoms. The van der Waals surface area contributed by atoms with Crippen molar-refractivity contribution in [2.75, 3.05) is 0 Å². The van der Waals surface area contributed by atoms with Gasteiger partial charge in [-0.25, -0.2) is 13.4 Å². The number of halogens is 1. The van der Waals surface area contributed by atoms with Crippen molar-refractivity contribution < 1.29 is 25.5 Å². The van der Waals surface area contributed by atoms with Gasteiger partial charge < -0.3 is 0 Å². The van der Waals surface area contributed by atoms with Gasteiger partial charge in [-0.3, -0.25) is 10.2 Å². The summed E-state index contributed by atoms with van der Waals surface area (Å²) >= 11 is 0. The van der Waals surface area contributed by atoms with Crippen LogP contribution in [0.25, 0.3) is 22.2 Å². The van der Waals surface area contributed by atoms with Crippen LogP contribution in [0.4, 0.5) is 3.89 Å². The Morgan fingerprint density at radius 1 is 0.788 bits per heavy atom. The molecule has 8 nitrogen and oxygen atoms in total. The van der Waals surface area contributed by atoms with Gasteiger partial charge in [-0.1, -0.05) is 48.5 Å². The number of fused-ring (bicyclic) bond motifs is 1. The van der Waals surface area contributed by atoms with E-state index in [4.69, 9.17) is 0 Å². The molecule has 0 aliphatic carbocycles. The maximum atomic E-state index is 13.0. The molecule has 168 valence electrons. The van der Waals surface area contributed by atoms with Crippen LogP contribution in [-0.2, 0) is 20.2 Å². The lowest BCUT2D eigenvalue weighted by Gasteiger charge is -2.12. The molecule has 0 unspecified atom stereocenters. The number of nitrogens with zero attached hydrogens (tertiary/aromatic N) is 1. The smallest absolute Gasteiger partial charge is 0.273 e. The molecule has 2 N–H and O–H groups in total. The molecule has 0 atom stereocenters. The van der Waals surface area contributed by atoms with Gasteiger partial charge in [-0.15, -0.1) is 8.72 Å². The molecule has 3 aromatic carbocycles. The molecule has 1 heterocycles. The standard InChI is InChI=1S/C22H16FN3O5S2/c23-32(28,29)16-10-12-17(13-11-16)33(30,31)26-25-22(27)19-14-21(15-6-2-1-3-7-15)24-20-9-5-4-8-18(19)20/h1-14,26H,(H,25,27). The Morgan fingerprint density at radius 3 is 2.06 bits per heavy atom. The van der Waals surface area contributed by atoms with E-state index < -0.39 is 31.0 Å². The third kappa shape index (κ3) is 4.90. The van der Waals surface area contributed by atoms with Gasteiger partial charge in [-0.05, 0) is 36.4 Å². The van der Waals surface area contributed by atoms with E-state index in [1.807, 2.05) is 35.2 Å². The maximum Gasteiger partial charge on any atom is 0.332 e. The molecule has 0 fully saturated rings. The van der Waals surface area contributed by atoms with Crippen molar-refractivity contribution in [2.24, 2.45) is 0 Å². The molecule has 0 bridgehead atoms. The van der Waals surface area contributed by atoms with Gasteiger partial charge in [0, 0.05) is 10.9 Å². The molecule has 4 aromatic rings. The Kier molecular flexibility index (Phi) is 5.93. The average Bonchev–Trinajstić information content (AvgIpc) is 2.82. The molecule has 0 saturated heterocycles. The molecule has 1 amide bonds. The number of hydrogen-bond acceptors (Lipinski definition) is 6. The first kappa shape index (κ1) is 22.5. The first-order chi connectivity index (χ1) is 15.6. The number of benzene rings is 3. The molecule has 33 heavy (non-hydrogen) atoms. The maximum absolute atomic E-state index is 13.0. The predicted molar refractivity (Wildman–Crippen MR) is 120 cm³/mol. The lowest BCUT2D eigenvalue weighted by Crippen LogP contribution is -2.41. The summed E-state index contributed by atoms with van der Waals surface area (Å²) in [7, 11) is -9.22. The highest BCUT2D eigenvalue weighted by molar-refractivity contribution is 7.89. The van der Waals surface area contributed by atoms with Gasteiger partial charge in [0.1, 0.15) is 0 Å². The lowest BCUT2D eigenvalue weighted by atomic mass is 10.0. The Balaban J connectivity index is 1.62. The van der Waals surface area contributed by atoms with Gasteiger partial charge in [0.15, 0.2) is 0 Å². The minimum absolute atomic E-state index is 0.195. The molecule has 4 rings (SSSR count). The van der Waals surface area contributed by atoms with Crippen LogP contribution in [0.1, 0.15) is 10.4 Å². The fourth-order valence-corrected chi connectivity index (χ4v) is 4.44. The summed E-state index contributed by atoms with van der Waals surface area (Å²) in [6.07, 6.45) is 0. The number of sulfonamides is 1. The summed E-state index contributed by atoms with van der Waals surface area (Å²) in [6, 6.07) is 21.1. The van der Waals surface area contributed by atoms with Gasteiger partial charge in [0.05, 0.1) is 26.6 Å². The fraction of sp³-hybridized carbons (Fsp3) is 0. The van der Waals surface area contributed by atoms with E-state index >= 15 is 0 Å². The summed E-state index contributed by atoms with van der Waals surface area (Å²) in [5.41, 5.74) is 4.21. The molecule has 0 spiro atoms. The minimum Gasteiger partial charge on any atom is -0.273 e. The van der Waals surface area contributed by atoms with Crippen LogP contribution in [0.2, 0.25) is 0 Å². The van der Waals surface area contributed by atoms with Gasteiger partial charge in [0.25, 0.3) is 15.9 Å². The Labute approximate surface area is 189 Å². The van der Waals surface area contributed by atoms with Crippen molar-refractivity contribution >= 4 is 37.1 Å². The van der Waals surface area contributed by atoms with Crippen LogP contribution in [0.3, 0.4) is 0 Å². The normalized spacial score (nSPS) is 11.9. The van der Waals surface area contributed by atoms with Gasteiger partial charge >= 0.3 is 10.2 Å². The summed E-state index contributed by atoms with van der Waals surface area (Å²) in [5, 5.41) is 0.520. The van der Waals surface area contributed by atoms with Crippen molar-refractivity contribution in [3.8, 4) is 11.3 Å². The molecule has 1 aromatic heterocycles. The van der Waals surface area contributed by atoms with Crippen molar-refractivity contribution in [1.29, 1.82) is 0 Å². The number of nitrogens with one attached hydrogen (secondary N) is 2. The van der Waals surface area contributed by atoms with Crippen LogP contribution < -0.4 is 10.3 Å². The SMILES string of the molecule is O=C(NNS(=O)(=O)c1ccc(S(=O)(=O)F)cc1)c1cc(-c2ccccc2)nc2ccccc12. The number of carbonyl (C=O) groups is 1. The third-order valence-corrected chi connectivity index (χ3v) is 6.84. The second-order valence-electron chi connectivity index (χ2n) is 6.91. The zero-order valence-corrected chi connectivity index (χ0v) is 18.4. The Hall–Kier alpha value is -3.67. The summed E-state index contributed by atoms with van der Waals surface area (Å²) < 4.78 is 59.8. The minimum atomic E-state index is -4.97. The topological polar surface area (TPSA) is 122 Å². The Morgan fingerprint density at radius 2 is 1.39 bits per heavy atom. The predicted octanol–water partition coefficient (Wildman–Crippen LogP) is 3.18. The van der Waals surface area contributed by atoms with E-state index in [0.29, 0.717) is 16.6 Å². The van der Waals surface area contributed by atoms with Crippen LogP contribution in [0.15, 0.2) is 94.7 Å². The third-order valence-electron chi connectivity index (χ3n) is 4.74. The summed E-state index contributed by atoms with van der Waals surface area (Å²) in [6.45, 7) is 0. The first-order valence-electron chi connectivity index (χ1n) is 9.47. The summed E-state index contributed by atoms with van der Waals surface area (Å²) in [5.74, 6) is -0.725. The van der Waals surface area contributed by atoms with E-state index in [1.54, 1.807) is 30.3 Å². The summed E-state index contributed by atoms with van der Waals surface area (Å²) in [4.78, 5) is 18.4. The quantitative estimate of drug-likeness (QED) is 0.320. The highest BCUT2D eigenvalue weighted by atomic mass is 32.3. The van der Waals surface area contributed by atoms with Gasteiger partial charge in [-0.2, -0.15) is 8.42 Å². The van der Waals surface area contributed by atoms with Crippen LogP contribution >= 0.6 is 0 Å². The van der Waals surface area contributed by atoms with Crippen molar-refractivity contribution in [2.45, 2.75) is 9.79 Å². The average molecular weight is 486 g/mol. The Bertz CT molecular complexity index is 1560. The first-order valence-corrected chi connectivity index (χ1v) is 12.3. The monoisotopic (exact) mass is 485 g/mol. The number of aromatic nitrogens is 1. The molecule has 0 aliphatic rings. The van der Waals surface area contributed by atoms with Crippen LogP contribution in [-0.4, -0.2) is 27.7 Å².